The fourth-order valence-corrected chi connectivity index (χ4v) is 4.81. The lowest BCUT2D eigenvalue weighted by molar-refractivity contribution is 0.0854. The highest BCUT2D eigenvalue weighted by molar-refractivity contribution is 6.48. The predicted molar refractivity (Wildman–Crippen MR) is 124 cm³/mol. The van der Waals surface area contributed by atoms with Gasteiger partial charge in [-0.1, -0.05) is 60.6 Å². The Hall–Kier alpha value is -1.56. The molecule has 0 saturated carbocycles. The first-order chi connectivity index (χ1) is 13.9. The van der Waals surface area contributed by atoms with E-state index in [9.17, 15) is 9.50 Å². The zero-order valence-corrected chi connectivity index (χ0v) is 20.9. The van der Waals surface area contributed by atoms with E-state index in [1.54, 1.807) is 12.1 Å². The number of hydrogen-bond donors (Lipinski definition) is 1. The van der Waals surface area contributed by atoms with Crippen molar-refractivity contribution in [3.8, 4) is 11.1 Å². The fourth-order valence-electron chi connectivity index (χ4n) is 3.87. The van der Waals surface area contributed by atoms with E-state index in [4.69, 9.17) is 9.41 Å². The third kappa shape index (κ3) is 5.37. The number of nitrogens with zero attached hydrogens (tertiary/aromatic N) is 1. The molecular formula is C25H37FNO2Si. The molecule has 3 nitrogen and oxygen atoms in total. The molecule has 0 aliphatic heterocycles. The highest BCUT2D eigenvalue weighted by Gasteiger charge is 2.35. The molecule has 1 N–H and O–H groups in total. The molecule has 0 aliphatic carbocycles. The van der Waals surface area contributed by atoms with Crippen LogP contribution in [-0.4, -0.2) is 19.1 Å². The lowest BCUT2D eigenvalue weighted by Crippen LogP contribution is -2.29. The van der Waals surface area contributed by atoms with Crippen molar-refractivity contribution in [1.29, 1.82) is 0 Å². The van der Waals surface area contributed by atoms with Crippen LogP contribution >= 0.6 is 0 Å². The zero-order chi connectivity index (χ0) is 22.8. The van der Waals surface area contributed by atoms with Gasteiger partial charge in [-0.2, -0.15) is 0 Å². The topological polar surface area (TPSA) is 42.4 Å². The van der Waals surface area contributed by atoms with Crippen LogP contribution in [0.5, 0.6) is 0 Å². The van der Waals surface area contributed by atoms with Gasteiger partial charge >= 0.3 is 0 Å². The zero-order valence-electron chi connectivity index (χ0n) is 19.9. The van der Waals surface area contributed by atoms with Crippen molar-refractivity contribution in [3.05, 3.63) is 52.6 Å². The average molecular weight is 431 g/mol. The highest BCUT2D eigenvalue weighted by Crippen LogP contribution is 2.46. The summed E-state index contributed by atoms with van der Waals surface area (Å²) in [4.78, 5) is 5.09. The monoisotopic (exact) mass is 430 g/mol. The maximum Gasteiger partial charge on any atom is 0.205 e. The van der Waals surface area contributed by atoms with Gasteiger partial charge in [-0.25, -0.2) is 4.39 Å². The number of aromatic nitrogens is 1. The van der Waals surface area contributed by atoms with Crippen LogP contribution in [0.15, 0.2) is 24.3 Å². The standard InChI is InChI=1S/C25H37FNO2Si/c1-15(2)22-19(14-28)20(17-10-12-18(26)13-11-17)21(23(27-22)16(3)4)24(25(5,6)7)29-30(8)9/h10-13,15-16,24,28H,14H2,1-9H3. The van der Waals surface area contributed by atoms with Crippen LogP contribution in [-0.2, 0) is 11.0 Å². The molecule has 1 heterocycles. The number of benzene rings is 1. The molecule has 5 heteroatoms. The summed E-state index contributed by atoms with van der Waals surface area (Å²) in [5.41, 5.74) is 5.41. The van der Waals surface area contributed by atoms with Gasteiger partial charge in [-0.05, 0) is 53.6 Å². The number of rotatable bonds is 7. The predicted octanol–water partition coefficient (Wildman–Crippen LogP) is 6.98. The molecule has 0 amide bonds. The van der Waals surface area contributed by atoms with Crippen molar-refractivity contribution in [2.75, 3.05) is 0 Å². The molecular weight excluding hydrogens is 393 g/mol. The molecule has 1 radical (unpaired) electrons. The van der Waals surface area contributed by atoms with Gasteiger partial charge < -0.3 is 9.53 Å². The van der Waals surface area contributed by atoms with Gasteiger partial charge in [0.15, 0.2) is 0 Å². The Morgan fingerprint density at radius 2 is 1.53 bits per heavy atom. The Labute approximate surface area is 183 Å². The quantitative estimate of drug-likeness (QED) is 0.482. The second-order valence-electron chi connectivity index (χ2n) is 9.90. The first-order valence-corrected chi connectivity index (χ1v) is 13.2. The molecule has 0 fully saturated rings. The summed E-state index contributed by atoms with van der Waals surface area (Å²) in [6.07, 6.45) is -0.183. The van der Waals surface area contributed by atoms with E-state index in [0.29, 0.717) is 0 Å². The smallest absolute Gasteiger partial charge is 0.205 e. The van der Waals surface area contributed by atoms with Crippen LogP contribution in [0.3, 0.4) is 0 Å². The minimum Gasteiger partial charge on any atom is -0.410 e. The van der Waals surface area contributed by atoms with Crippen molar-refractivity contribution in [2.24, 2.45) is 5.41 Å². The van der Waals surface area contributed by atoms with Crippen molar-refractivity contribution >= 4 is 9.04 Å². The molecule has 1 unspecified atom stereocenters. The summed E-state index contributed by atoms with van der Waals surface area (Å²) in [6, 6.07) is 6.55. The van der Waals surface area contributed by atoms with E-state index in [1.807, 2.05) is 0 Å². The third-order valence-corrected chi connectivity index (χ3v) is 5.89. The molecule has 0 aliphatic rings. The molecule has 2 aromatic rings. The fraction of sp³-hybridized carbons (Fsp3) is 0.560. The summed E-state index contributed by atoms with van der Waals surface area (Å²) >= 11 is 0. The SMILES string of the molecule is CC(C)c1nc(C(C)C)c(C(O[Si](C)C)C(C)(C)C)c(-c2ccc(F)cc2)c1CO. The van der Waals surface area contributed by atoms with Crippen LogP contribution in [0.1, 0.15) is 88.9 Å². The lowest BCUT2D eigenvalue weighted by Gasteiger charge is -2.37. The summed E-state index contributed by atoms with van der Waals surface area (Å²) in [5.74, 6) is 0.0652. The van der Waals surface area contributed by atoms with Gasteiger partial charge in [-0.3, -0.25) is 4.98 Å². The second-order valence-corrected chi connectivity index (χ2v) is 11.9. The Morgan fingerprint density at radius 3 is 1.93 bits per heavy atom. The van der Waals surface area contributed by atoms with Crippen LogP contribution < -0.4 is 0 Å². The van der Waals surface area contributed by atoms with Crippen LogP contribution in [0, 0.1) is 11.2 Å². The van der Waals surface area contributed by atoms with E-state index in [2.05, 4.69) is 61.6 Å². The minimum absolute atomic E-state index is 0.120. The highest BCUT2D eigenvalue weighted by atomic mass is 28.3. The Kier molecular flexibility index (Phi) is 8.00. The van der Waals surface area contributed by atoms with Crippen LogP contribution in [0.4, 0.5) is 4.39 Å². The number of hydrogen-bond acceptors (Lipinski definition) is 3. The lowest BCUT2D eigenvalue weighted by atomic mass is 9.77. The Balaban J connectivity index is 3.04. The summed E-state index contributed by atoms with van der Waals surface area (Å²) in [7, 11) is -1.00. The summed E-state index contributed by atoms with van der Waals surface area (Å²) in [6.45, 7) is 19.2. The largest absolute Gasteiger partial charge is 0.410 e. The van der Waals surface area contributed by atoms with Gasteiger partial charge in [0.1, 0.15) is 5.82 Å². The van der Waals surface area contributed by atoms with Crippen molar-refractivity contribution in [3.63, 3.8) is 0 Å². The molecule has 2 rings (SSSR count). The van der Waals surface area contributed by atoms with E-state index in [1.165, 1.54) is 12.1 Å². The molecule has 0 saturated heterocycles. The van der Waals surface area contributed by atoms with Crippen LogP contribution in [0.25, 0.3) is 11.1 Å². The Bertz CT molecular complexity index is 855. The molecule has 0 bridgehead atoms. The number of halogens is 1. The molecule has 1 atom stereocenters. The third-order valence-electron chi connectivity index (χ3n) is 5.18. The van der Waals surface area contributed by atoms with Gasteiger partial charge in [0, 0.05) is 22.5 Å². The van der Waals surface area contributed by atoms with E-state index < -0.39 is 9.04 Å². The Morgan fingerprint density at radius 1 is 1.00 bits per heavy atom. The van der Waals surface area contributed by atoms with Crippen molar-refractivity contribution in [1.82, 2.24) is 4.98 Å². The van der Waals surface area contributed by atoms with E-state index in [-0.39, 0.29) is 35.8 Å². The number of pyridine rings is 1. The molecule has 0 spiro atoms. The molecule has 1 aromatic carbocycles. The van der Waals surface area contributed by atoms with E-state index >= 15 is 0 Å². The van der Waals surface area contributed by atoms with Crippen molar-refractivity contribution < 1.29 is 13.9 Å². The second kappa shape index (κ2) is 9.71. The van der Waals surface area contributed by atoms with E-state index in [0.717, 1.165) is 33.6 Å². The normalized spacial score (nSPS) is 13.5. The number of aliphatic hydroxyl groups excluding tert-OH is 1. The molecule has 30 heavy (non-hydrogen) atoms. The minimum atomic E-state index is -1.00. The van der Waals surface area contributed by atoms with Gasteiger partial charge in [0.05, 0.1) is 12.7 Å². The maximum absolute atomic E-state index is 13.7. The first-order valence-electron chi connectivity index (χ1n) is 10.8. The summed E-state index contributed by atoms with van der Waals surface area (Å²) in [5, 5.41) is 10.4. The van der Waals surface area contributed by atoms with Gasteiger partial charge in [0.25, 0.3) is 0 Å². The number of aliphatic hydroxyl groups is 1. The first kappa shape index (κ1) is 24.7. The van der Waals surface area contributed by atoms with Crippen molar-refractivity contribution in [2.45, 2.75) is 86.1 Å². The summed E-state index contributed by atoms with van der Waals surface area (Å²) < 4.78 is 20.3. The van der Waals surface area contributed by atoms with Gasteiger partial charge in [-0.15, -0.1) is 0 Å². The van der Waals surface area contributed by atoms with Crippen LogP contribution in [0.2, 0.25) is 13.1 Å². The maximum atomic E-state index is 13.7. The molecule has 1 aromatic heterocycles. The average Bonchev–Trinajstić information content (AvgIpc) is 2.64. The molecule has 165 valence electrons. The van der Waals surface area contributed by atoms with Gasteiger partial charge in [0.2, 0.25) is 9.04 Å².